The van der Waals surface area contributed by atoms with E-state index in [1.807, 2.05) is 71.4 Å². The van der Waals surface area contributed by atoms with Crippen molar-refractivity contribution in [3.05, 3.63) is 117 Å². The van der Waals surface area contributed by atoms with Gasteiger partial charge in [-0.2, -0.15) is 0 Å². The van der Waals surface area contributed by atoms with E-state index in [1.54, 1.807) is 18.6 Å². The summed E-state index contributed by atoms with van der Waals surface area (Å²) in [5, 5.41) is 1.83. The van der Waals surface area contributed by atoms with Gasteiger partial charge in [-0.3, -0.25) is 0 Å². The van der Waals surface area contributed by atoms with Gasteiger partial charge in [0, 0.05) is 38.6 Å². The molecule has 29 heavy (non-hydrogen) atoms. The van der Waals surface area contributed by atoms with Crippen LogP contribution in [0.3, 0.4) is 0 Å². The first kappa shape index (κ1) is 20.0. The third kappa shape index (κ3) is 4.65. The minimum atomic E-state index is -0.394. The van der Waals surface area contributed by atoms with Gasteiger partial charge in [-0.15, -0.1) is 0 Å². The van der Waals surface area contributed by atoms with Gasteiger partial charge in [0.05, 0.1) is 18.6 Å². The maximum absolute atomic E-state index is 6.55. The molecule has 3 nitrogen and oxygen atoms in total. The molecule has 0 aliphatic rings. The molecular formula is C23H17Cl3N2O. The first-order chi connectivity index (χ1) is 14.1. The maximum Gasteiger partial charge on any atom is 0.111 e. The molecule has 0 aliphatic heterocycles. The molecular weight excluding hydrogens is 427 g/mol. The van der Waals surface area contributed by atoms with E-state index in [0.29, 0.717) is 21.7 Å². The summed E-state index contributed by atoms with van der Waals surface area (Å²) in [6, 6.07) is 21.1. The van der Waals surface area contributed by atoms with Crippen molar-refractivity contribution in [3.63, 3.8) is 0 Å². The van der Waals surface area contributed by atoms with Crippen molar-refractivity contribution in [3.8, 4) is 5.69 Å². The first-order valence-corrected chi connectivity index (χ1v) is 10.1. The Hall–Kier alpha value is -2.30. The highest BCUT2D eigenvalue weighted by atomic mass is 35.5. The quantitative estimate of drug-likeness (QED) is 0.317. The Balaban J connectivity index is 1.75. The van der Waals surface area contributed by atoms with Gasteiger partial charge in [0.15, 0.2) is 0 Å². The van der Waals surface area contributed by atoms with Crippen molar-refractivity contribution < 1.29 is 4.74 Å². The molecule has 1 atom stereocenters. The van der Waals surface area contributed by atoms with Crippen molar-refractivity contribution in [2.45, 2.75) is 12.7 Å². The normalized spacial score (nSPS) is 12.1. The number of ether oxygens (including phenoxy) is 1. The van der Waals surface area contributed by atoms with E-state index in [0.717, 1.165) is 22.4 Å². The fourth-order valence-electron chi connectivity index (χ4n) is 3.17. The SMILES string of the molecule is Clc1ccc(COC(c2ccc(Cl)cc2Cl)c2ccccc2-n2ccnc2)cc1. The number of hydrogen-bond acceptors (Lipinski definition) is 2. The largest absolute Gasteiger partial charge is 0.364 e. The zero-order chi connectivity index (χ0) is 20.2. The van der Waals surface area contributed by atoms with Crippen LogP contribution in [0.1, 0.15) is 22.8 Å². The minimum absolute atomic E-state index is 0.394. The highest BCUT2D eigenvalue weighted by Gasteiger charge is 2.22. The summed E-state index contributed by atoms with van der Waals surface area (Å²) in [6.07, 6.45) is 5.02. The van der Waals surface area contributed by atoms with Crippen molar-refractivity contribution in [2.24, 2.45) is 0 Å². The Labute approximate surface area is 184 Å². The molecule has 0 aliphatic carbocycles. The number of para-hydroxylation sites is 1. The molecule has 0 bridgehead atoms. The monoisotopic (exact) mass is 442 g/mol. The van der Waals surface area contributed by atoms with Crippen LogP contribution in [0.15, 0.2) is 85.5 Å². The van der Waals surface area contributed by atoms with Crippen molar-refractivity contribution >= 4 is 34.8 Å². The number of imidazole rings is 1. The summed E-state index contributed by atoms with van der Waals surface area (Å²) in [5.74, 6) is 0. The van der Waals surface area contributed by atoms with Gasteiger partial charge in [-0.1, -0.05) is 71.2 Å². The molecule has 0 radical (unpaired) electrons. The van der Waals surface area contributed by atoms with E-state index < -0.39 is 6.10 Å². The summed E-state index contributed by atoms with van der Waals surface area (Å²) in [5.41, 5.74) is 3.81. The van der Waals surface area contributed by atoms with Crippen LogP contribution >= 0.6 is 34.8 Å². The Morgan fingerprint density at radius 3 is 2.34 bits per heavy atom. The number of benzene rings is 3. The summed E-state index contributed by atoms with van der Waals surface area (Å²) in [4.78, 5) is 4.17. The lowest BCUT2D eigenvalue weighted by atomic mass is 9.99. The second-order valence-corrected chi connectivity index (χ2v) is 7.79. The van der Waals surface area contributed by atoms with Crippen LogP contribution in [0.2, 0.25) is 15.1 Å². The number of hydrogen-bond donors (Lipinski definition) is 0. The van der Waals surface area contributed by atoms with Gasteiger partial charge in [-0.25, -0.2) is 4.98 Å². The third-order valence-corrected chi connectivity index (χ3v) is 5.39. The predicted octanol–water partition coefficient (Wildman–Crippen LogP) is 7.14. The zero-order valence-corrected chi connectivity index (χ0v) is 17.6. The van der Waals surface area contributed by atoms with Crippen LogP contribution in [0, 0.1) is 0 Å². The standard InChI is InChI=1S/C23H17Cl3N2O/c24-17-7-5-16(6-8-17)14-29-23(19-10-9-18(25)13-21(19)26)20-3-1-2-4-22(20)28-12-11-27-15-28/h1-13,15,23H,14H2. The van der Waals surface area contributed by atoms with E-state index in [2.05, 4.69) is 4.98 Å². The van der Waals surface area contributed by atoms with Crippen LogP contribution in [-0.4, -0.2) is 9.55 Å². The van der Waals surface area contributed by atoms with Gasteiger partial charge < -0.3 is 9.30 Å². The Morgan fingerprint density at radius 1 is 0.862 bits per heavy atom. The van der Waals surface area contributed by atoms with Crippen LogP contribution in [0.5, 0.6) is 0 Å². The molecule has 1 heterocycles. The van der Waals surface area contributed by atoms with Crippen LogP contribution in [0.25, 0.3) is 5.69 Å². The molecule has 0 amide bonds. The Kier molecular flexibility index (Phi) is 6.22. The van der Waals surface area contributed by atoms with Crippen LogP contribution in [0.4, 0.5) is 0 Å². The minimum Gasteiger partial charge on any atom is -0.364 e. The van der Waals surface area contributed by atoms with Crippen molar-refractivity contribution in [2.75, 3.05) is 0 Å². The first-order valence-electron chi connectivity index (χ1n) is 9.00. The van der Waals surface area contributed by atoms with E-state index in [-0.39, 0.29) is 0 Å². The lowest BCUT2D eigenvalue weighted by Gasteiger charge is -2.23. The Bertz CT molecular complexity index is 1100. The Morgan fingerprint density at radius 2 is 1.62 bits per heavy atom. The predicted molar refractivity (Wildman–Crippen MR) is 118 cm³/mol. The molecule has 0 N–H and O–H groups in total. The zero-order valence-electron chi connectivity index (χ0n) is 15.3. The summed E-state index contributed by atoms with van der Waals surface area (Å²) in [6.45, 7) is 0.402. The number of nitrogens with zero attached hydrogens (tertiary/aromatic N) is 2. The molecule has 146 valence electrons. The topological polar surface area (TPSA) is 27.1 Å². The molecule has 4 aromatic rings. The fourth-order valence-corrected chi connectivity index (χ4v) is 3.80. The van der Waals surface area contributed by atoms with Crippen LogP contribution in [-0.2, 0) is 11.3 Å². The summed E-state index contributed by atoms with van der Waals surface area (Å²) >= 11 is 18.7. The van der Waals surface area contributed by atoms with E-state index in [9.17, 15) is 0 Å². The van der Waals surface area contributed by atoms with Gasteiger partial charge in [0.25, 0.3) is 0 Å². The molecule has 3 aromatic carbocycles. The highest BCUT2D eigenvalue weighted by molar-refractivity contribution is 6.35. The van der Waals surface area contributed by atoms with E-state index >= 15 is 0 Å². The molecule has 0 fully saturated rings. The van der Waals surface area contributed by atoms with Crippen molar-refractivity contribution in [1.82, 2.24) is 9.55 Å². The van der Waals surface area contributed by atoms with Crippen LogP contribution < -0.4 is 0 Å². The van der Waals surface area contributed by atoms with Gasteiger partial charge in [0.1, 0.15) is 6.10 Å². The highest BCUT2D eigenvalue weighted by Crippen LogP contribution is 2.36. The van der Waals surface area contributed by atoms with Crippen molar-refractivity contribution in [1.29, 1.82) is 0 Å². The molecule has 4 rings (SSSR count). The average Bonchev–Trinajstić information content (AvgIpc) is 3.26. The molecule has 0 spiro atoms. The number of rotatable bonds is 6. The second kappa shape index (κ2) is 9.02. The van der Waals surface area contributed by atoms with Gasteiger partial charge >= 0.3 is 0 Å². The molecule has 1 unspecified atom stereocenters. The molecule has 1 aromatic heterocycles. The lowest BCUT2D eigenvalue weighted by molar-refractivity contribution is 0.0668. The fraction of sp³-hybridized carbons (Fsp3) is 0.0870. The number of halogens is 3. The van der Waals surface area contributed by atoms with E-state index in [1.165, 1.54) is 0 Å². The smallest absolute Gasteiger partial charge is 0.111 e. The maximum atomic E-state index is 6.55. The summed E-state index contributed by atoms with van der Waals surface area (Å²) < 4.78 is 8.35. The van der Waals surface area contributed by atoms with Gasteiger partial charge in [0.2, 0.25) is 0 Å². The third-order valence-electron chi connectivity index (χ3n) is 4.58. The summed E-state index contributed by atoms with van der Waals surface area (Å²) in [7, 11) is 0. The van der Waals surface area contributed by atoms with Gasteiger partial charge in [-0.05, 0) is 35.9 Å². The lowest BCUT2D eigenvalue weighted by Crippen LogP contribution is -2.10. The number of aromatic nitrogens is 2. The molecule has 0 saturated carbocycles. The second-order valence-electron chi connectivity index (χ2n) is 6.51. The molecule has 0 saturated heterocycles. The average molecular weight is 444 g/mol. The van der Waals surface area contributed by atoms with E-state index in [4.69, 9.17) is 39.5 Å². The molecule has 6 heteroatoms.